The molecule has 1 saturated carbocycles. The van der Waals surface area contributed by atoms with Gasteiger partial charge in [0.05, 0.1) is 0 Å². The topological polar surface area (TPSA) is 46.3 Å². The van der Waals surface area contributed by atoms with Gasteiger partial charge >= 0.3 is 0 Å². The van der Waals surface area contributed by atoms with E-state index in [2.05, 4.69) is 4.90 Å². The molecule has 2 fully saturated rings. The van der Waals surface area contributed by atoms with E-state index in [1.807, 2.05) is 0 Å². The Morgan fingerprint density at radius 2 is 1.93 bits per heavy atom. The highest BCUT2D eigenvalue weighted by molar-refractivity contribution is 7.85. The lowest BCUT2D eigenvalue weighted by Crippen LogP contribution is -2.48. The summed E-state index contributed by atoms with van der Waals surface area (Å²) in [6, 6.07) is 1.08. The van der Waals surface area contributed by atoms with Crippen molar-refractivity contribution in [3.05, 3.63) is 0 Å². The molecule has 0 aromatic carbocycles. The van der Waals surface area contributed by atoms with Gasteiger partial charge < -0.3 is 5.73 Å². The van der Waals surface area contributed by atoms with E-state index in [0.29, 0.717) is 12.1 Å². The second kappa shape index (κ2) is 4.73. The summed E-state index contributed by atoms with van der Waals surface area (Å²) in [7, 11) is -0.547. The molecule has 1 heterocycles. The molecule has 0 aromatic rings. The summed E-state index contributed by atoms with van der Waals surface area (Å²) in [6.45, 7) is 2.04. The van der Waals surface area contributed by atoms with Crippen LogP contribution in [0.2, 0.25) is 0 Å². The summed E-state index contributed by atoms with van der Waals surface area (Å²) in [5.41, 5.74) is 5.97. The Balaban J connectivity index is 1.85. The zero-order valence-electron chi connectivity index (χ0n) is 8.65. The van der Waals surface area contributed by atoms with Gasteiger partial charge in [-0.1, -0.05) is 6.42 Å². The van der Waals surface area contributed by atoms with Crippen molar-refractivity contribution in [2.24, 2.45) is 5.73 Å². The number of nitrogens with two attached hydrogens (primary N) is 1. The lowest BCUT2D eigenvalue weighted by molar-refractivity contribution is 0.160. The average Bonchev–Trinajstić information content (AvgIpc) is 2.19. The van der Waals surface area contributed by atoms with Crippen LogP contribution in [0.25, 0.3) is 0 Å². The summed E-state index contributed by atoms with van der Waals surface area (Å²) in [5.74, 6) is 1.73. The number of hydrogen-bond acceptors (Lipinski definition) is 3. The fourth-order valence-corrected chi connectivity index (χ4v) is 3.63. The summed E-state index contributed by atoms with van der Waals surface area (Å²) in [4.78, 5) is 2.50. The normalized spacial score (nSPS) is 37.2. The molecule has 2 aliphatic rings. The second-order valence-corrected chi connectivity index (χ2v) is 6.16. The molecule has 3 nitrogen and oxygen atoms in total. The monoisotopic (exact) mass is 216 g/mol. The number of rotatable bonds is 1. The van der Waals surface area contributed by atoms with Gasteiger partial charge in [-0.2, -0.15) is 0 Å². The van der Waals surface area contributed by atoms with Crippen molar-refractivity contribution in [1.82, 2.24) is 4.90 Å². The van der Waals surface area contributed by atoms with E-state index in [0.717, 1.165) is 31.0 Å². The molecule has 2 unspecified atom stereocenters. The van der Waals surface area contributed by atoms with Crippen molar-refractivity contribution < 1.29 is 4.21 Å². The van der Waals surface area contributed by atoms with E-state index in [4.69, 9.17) is 5.73 Å². The highest BCUT2D eigenvalue weighted by Crippen LogP contribution is 2.22. The van der Waals surface area contributed by atoms with E-state index in [1.54, 1.807) is 0 Å². The summed E-state index contributed by atoms with van der Waals surface area (Å²) in [6.07, 6.45) is 4.90. The van der Waals surface area contributed by atoms with E-state index in [-0.39, 0.29) is 0 Å². The van der Waals surface area contributed by atoms with Gasteiger partial charge in [0.1, 0.15) is 0 Å². The summed E-state index contributed by atoms with van der Waals surface area (Å²) < 4.78 is 11.2. The first-order valence-corrected chi connectivity index (χ1v) is 7.09. The average molecular weight is 216 g/mol. The predicted octanol–water partition coefficient (Wildman–Crippen LogP) is 0.321. The smallest absolute Gasteiger partial charge is 0.0363 e. The SMILES string of the molecule is NC1CCCC(N2CCS(=O)CC2)C1. The third-order valence-corrected chi connectivity index (χ3v) is 4.69. The Kier molecular flexibility index (Phi) is 3.57. The second-order valence-electron chi connectivity index (χ2n) is 4.46. The van der Waals surface area contributed by atoms with Crippen molar-refractivity contribution in [3.63, 3.8) is 0 Å². The quantitative estimate of drug-likeness (QED) is 0.687. The summed E-state index contributed by atoms with van der Waals surface area (Å²) in [5, 5.41) is 0. The van der Waals surface area contributed by atoms with Crippen LogP contribution in [0.15, 0.2) is 0 Å². The maximum absolute atomic E-state index is 11.2. The Bertz CT molecular complexity index is 212. The third kappa shape index (κ3) is 2.55. The minimum atomic E-state index is -0.547. The lowest BCUT2D eigenvalue weighted by Gasteiger charge is -2.38. The molecule has 0 radical (unpaired) electrons. The molecular weight excluding hydrogens is 196 g/mol. The fraction of sp³-hybridized carbons (Fsp3) is 1.00. The Labute approximate surface area is 88.5 Å². The van der Waals surface area contributed by atoms with E-state index >= 15 is 0 Å². The molecule has 0 spiro atoms. The van der Waals surface area contributed by atoms with Gasteiger partial charge in [0.25, 0.3) is 0 Å². The van der Waals surface area contributed by atoms with Crippen molar-refractivity contribution in [3.8, 4) is 0 Å². The minimum Gasteiger partial charge on any atom is -0.328 e. The molecule has 1 saturated heterocycles. The number of hydrogen-bond donors (Lipinski definition) is 1. The standard InChI is InChI=1S/C10H20N2OS/c11-9-2-1-3-10(8-9)12-4-6-14(13)7-5-12/h9-10H,1-8,11H2. The van der Waals surface area contributed by atoms with Crippen LogP contribution in [0.1, 0.15) is 25.7 Å². The van der Waals surface area contributed by atoms with E-state index in [9.17, 15) is 4.21 Å². The maximum Gasteiger partial charge on any atom is 0.0363 e. The van der Waals surface area contributed by atoms with Crippen molar-refractivity contribution >= 4 is 10.8 Å². The van der Waals surface area contributed by atoms with Gasteiger partial charge in [-0.15, -0.1) is 0 Å². The molecule has 2 rings (SSSR count). The highest BCUT2D eigenvalue weighted by Gasteiger charge is 2.27. The van der Waals surface area contributed by atoms with Gasteiger partial charge in [-0.3, -0.25) is 9.11 Å². The number of nitrogens with zero attached hydrogens (tertiary/aromatic N) is 1. The highest BCUT2D eigenvalue weighted by atomic mass is 32.2. The zero-order valence-corrected chi connectivity index (χ0v) is 9.47. The first-order valence-electron chi connectivity index (χ1n) is 5.60. The van der Waals surface area contributed by atoms with Crippen LogP contribution in [0, 0.1) is 0 Å². The van der Waals surface area contributed by atoms with Gasteiger partial charge in [0.2, 0.25) is 0 Å². The van der Waals surface area contributed by atoms with Crippen LogP contribution in [-0.4, -0.2) is 45.8 Å². The van der Waals surface area contributed by atoms with Crippen LogP contribution < -0.4 is 5.73 Å². The Morgan fingerprint density at radius 1 is 1.21 bits per heavy atom. The fourth-order valence-electron chi connectivity index (χ4n) is 2.55. The van der Waals surface area contributed by atoms with E-state index < -0.39 is 10.8 Å². The molecule has 0 bridgehead atoms. The summed E-state index contributed by atoms with van der Waals surface area (Å²) >= 11 is 0. The first-order chi connectivity index (χ1) is 6.75. The van der Waals surface area contributed by atoms with Gasteiger partial charge in [-0.25, -0.2) is 0 Å². The van der Waals surface area contributed by atoms with Crippen LogP contribution in [0.4, 0.5) is 0 Å². The molecule has 2 atom stereocenters. The maximum atomic E-state index is 11.2. The molecular formula is C10H20N2OS. The van der Waals surface area contributed by atoms with E-state index in [1.165, 1.54) is 19.3 Å². The first kappa shape index (κ1) is 10.6. The van der Waals surface area contributed by atoms with Crippen LogP contribution in [0.5, 0.6) is 0 Å². The molecule has 0 amide bonds. The Hall–Kier alpha value is 0.0700. The predicted molar refractivity (Wildman–Crippen MR) is 59.7 cm³/mol. The molecule has 1 aliphatic carbocycles. The lowest BCUT2D eigenvalue weighted by atomic mass is 9.90. The Morgan fingerprint density at radius 3 is 2.57 bits per heavy atom. The van der Waals surface area contributed by atoms with Crippen molar-refractivity contribution in [2.75, 3.05) is 24.6 Å². The van der Waals surface area contributed by atoms with Crippen molar-refractivity contribution in [1.29, 1.82) is 0 Å². The molecule has 82 valence electrons. The molecule has 0 aromatic heterocycles. The molecule has 1 aliphatic heterocycles. The zero-order chi connectivity index (χ0) is 9.97. The van der Waals surface area contributed by atoms with Gasteiger partial charge in [0.15, 0.2) is 0 Å². The van der Waals surface area contributed by atoms with Crippen molar-refractivity contribution in [2.45, 2.75) is 37.8 Å². The van der Waals surface area contributed by atoms with Crippen LogP contribution in [0.3, 0.4) is 0 Å². The minimum absolute atomic E-state index is 0.404. The largest absolute Gasteiger partial charge is 0.328 e. The molecule has 14 heavy (non-hydrogen) atoms. The molecule has 2 N–H and O–H groups in total. The molecule has 4 heteroatoms. The van der Waals surface area contributed by atoms with Crippen LogP contribution in [-0.2, 0) is 10.8 Å². The van der Waals surface area contributed by atoms with Gasteiger partial charge in [-0.05, 0) is 19.3 Å². The third-order valence-electron chi connectivity index (χ3n) is 3.42. The van der Waals surface area contributed by atoms with Crippen LogP contribution >= 0.6 is 0 Å². The van der Waals surface area contributed by atoms with Gasteiger partial charge in [0, 0.05) is 47.5 Å².